The van der Waals surface area contributed by atoms with E-state index in [1.807, 2.05) is 6.92 Å². The Morgan fingerprint density at radius 2 is 2.16 bits per heavy atom. The molecule has 1 aliphatic heterocycles. The van der Waals surface area contributed by atoms with Gasteiger partial charge in [-0.25, -0.2) is 4.39 Å². The molecule has 0 radical (unpaired) electrons. The number of carbonyl (C=O) groups is 1. The minimum atomic E-state index is -0.336. The Labute approximate surface area is 145 Å². The van der Waals surface area contributed by atoms with Crippen LogP contribution in [0.5, 0.6) is 0 Å². The number of nitrogens with zero attached hydrogens (tertiary/aromatic N) is 1. The van der Waals surface area contributed by atoms with Gasteiger partial charge in [0.25, 0.3) is 5.91 Å². The fourth-order valence-corrected chi connectivity index (χ4v) is 4.33. The minimum absolute atomic E-state index is 0.0757. The largest absolute Gasteiger partial charge is 0.392 e. The molecule has 2 aliphatic rings. The fraction of sp³-hybridized carbons (Fsp3) is 0.526. The molecule has 0 bridgehead atoms. The highest BCUT2D eigenvalue weighted by Gasteiger charge is 2.56. The SMILES string of the molecule is CCO[C@@H]1C[C@H](O)C12CCN(C(=O)c1cc3cc(F)ccc3[nH]1)CC2. The van der Waals surface area contributed by atoms with Crippen LogP contribution < -0.4 is 0 Å². The summed E-state index contributed by atoms with van der Waals surface area (Å²) in [5.74, 6) is -0.389. The Bertz CT molecular complexity index is 793. The summed E-state index contributed by atoms with van der Waals surface area (Å²) in [6, 6.07) is 6.14. The predicted octanol–water partition coefficient (Wildman–Crippen LogP) is 2.70. The normalized spacial score (nSPS) is 25.3. The predicted molar refractivity (Wildman–Crippen MR) is 91.9 cm³/mol. The van der Waals surface area contributed by atoms with Gasteiger partial charge < -0.3 is 19.7 Å². The second-order valence-electron chi connectivity index (χ2n) is 7.14. The first-order chi connectivity index (χ1) is 12.0. The molecule has 2 aromatic rings. The number of nitrogens with one attached hydrogen (secondary N) is 1. The lowest BCUT2D eigenvalue weighted by Crippen LogP contribution is -2.62. The highest BCUT2D eigenvalue weighted by atomic mass is 19.1. The van der Waals surface area contributed by atoms with Crippen LogP contribution in [0.4, 0.5) is 4.39 Å². The van der Waals surface area contributed by atoms with Gasteiger partial charge in [0.05, 0.1) is 12.2 Å². The number of aromatic nitrogens is 1. The third-order valence-electron chi connectivity index (χ3n) is 5.90. The number of piperidine rings is 1. The lowest BCUT2D eigenvalue weighted by Gasteiger charge is -2.56. The second-order valence-corrected chi connectivity index (χ2v) is 7.14. The standard InChI is InChI=1S/C19H23FN2O3/c1-2-25-17-11-16(23)19(17)5-7-22(8-6-19)18(24)15-10-12-9-13(20)3-4-14(12)21-15/h3-4,9-10,16-17,21,23H,2,5-8,11H2,1H3/t16-,17+/m0/s1. The summed E-state index contributed by atoms with van der Waals surface area (Å²) in [7, 11) is 0. The molecule has 6 heteroatoms. The molecule has 2 heterocycles. The van der Waals surface area contributed by atoms with Crippen molar-refractivity contribution in [2.24, 2.45) is 5.41 Å². The first-order valence-corrected chi connectivity index (χ1v) is 8.91. The molecule has 1 aliphatic carbocycles. The first-order valence-electron chi connectivity index (χ1n) is 8.91. The van der Waals surface area contributed by atoms with E-state index in [0.29, 0.717) is 37.2 Å². The van der Waals surface area contributed by atoms with Crippen LogP contribution in [0.3, 0.4) is 0 Å². The summed E-state index contributed by atoms with van der Waals surface area (Å²) in [5.41, 5.74) is 1.03. The Balaban J connectivity index is 1.47. The summed E-state index contributed by atoms with van der Waals surface area (Å²) in [5, 5.41) is 11.0. The molecule has 5 nitrogen and oxygen atoms in total. The summed E-state index contributed by atoms with van der Waals surface area (Å²) in [6.45, 7) is 3.82. The number of aromatic amines is 1. The van der Waals surface area contributed by atoms with E-state index >= 15 is 0 Å². The minimum Gasteiger partial charge on any atom is -0.392 e. The molecule has 25 heavy (non-hydrogen) atoms. The second kappa shape index (κ2) is 6.11. The third-order valence-corrected chi connectivity index (χ3v) is 5.90. The molecule has 1 saturated heterocycles. The van der Waals surface area contributed by atoms with Gasteiger partial charge >= 0.3 is 0 Å². The van der Waals surface area contributed by atoms with Gasteiger partial charge in [0.2, 0.25) is 0 Å². The van der Waals surface area contributed by atoms with Crippen molar-refractivity contribution in [3.63, 3.8) is 0 Å². The number of halogens is 1. The maximum Gasteiger partial charge on any atom is 0.270 e. The summed E-state index contributed by atoms with van der Waals surface area (Å²) < 4.78 is 19.1. The Hall–Kier alpha value is -1.92. The number of H-pyrrole nitrogens is 1. The fourth-order valence-electron chi connectivity index (χ4n) is 4.33. The van der Waals surface area contributed by atoms with Crippen molar-refractivity contribution in [2.75, 3.05) is 19.7 Å². The quantitative estimate of drug-likeness (QED) is 0.898. The summed E-state index contributed by atoms with van der Waals surface area (Å²) >= 11 is 0. The van der Waals surface area contributed by atoms with E-state index in [9.17, 15) is 14.3 Å². The maximum atomic E-state index is 13.3. The van der Waals surface area contributed by atoms with Crippen molar-refractivity contribution in [2.45, 2.75) is 38.4 Å². The Morgan fingerprint density at radius 3 is 2.84 bits per heavy atom. The number of amides is 1. The smallest absolute Gasteiger partial charge is 0.270 e. The number of benzene rings is 1. The van der Waals surface area contributed by atoms with Gasteiger partial charge in [-0.3, -0.25) is 4.79 Å². The molecule has 1 saturated carbocycles. The van der Waals surface area contributed by atoms with E-state index in [1.54, 1.807) is 17.0 Å². The number of carbonyl (C=O) groups excluding carboxylic acids is 1. The molecule has 2 atom stereocenters. The Kier molecular flexibility index (Phi) is 4.04. The van der Waals surface area contributed by atoms with Gasteiger partial charge in [-0.05, 0) is 44.0 Å². The highest BCUT2D eigenvalue weighted by Crippen LogP contribution is 2.51. The van der Waals surface area contributed by atoms with Crippen molar-refractivity contribution in [1.82, 2.24) is 9.88 Å². The van der Waals surface area contributed by atoms with Gasteiger partial charge in [0.1, 0.15) is 11.5 Å². The van der Waals surface area contributed by atoms with Crippen molar-refractivity contribution >= 4 is 16.8 Å². The molecule has 2 fully saturated rings. The molecule has 4 rings (SSSR count). The zero-order chi connectivity index (χ0) is 17.6. The summed E-state index contributed by atoms with van der Waals surface area (Å²) in [4.78, 5) is 17.6. The molecular formula is C19H23FN2O3. The molecule has 1 amide bonds. The van der Waals surface area contributed by atoms with E-state index in [1.165, 1.54) is 12.1 Å². The molecule has 1 spiro atoms. The number of aliphatic hydroxyl groups excluding tert-OH is 1. The van der Waals surface area contributed by atoms with E-state index < -0.39 is 0 Å². The topological polar surface area (TPSA) is 65.6 Å². The molecule has 1 aromatic heterocycles. The van der Waals surface area contributed by atoms with E-state index in [4.69, 9.17) is 4.74 Å². The highest BCUT2D eigenvalue weighted by molar-refractivity contribution is 5.98. The van der Waals surface area contributed by atoms with Crippen LogP contribution in [0.15, 0.2) is 24.3 Å². The zero-order valence-corrected chi connectivity index (χ0v) is 14.3. The van der Waals surface area contributed by atoms with Crippen LogP contribution in [0.2, 0.25) is 0 Å². The molecular weight excluding hydrogens is 323 g/mol. The first kappa shape index (κ1) is 16.5. The van der Waals surface area contributed by atoms with Crippen LogP contribution in [-0.2, 0) is 4.74 Å². The third kappa shape index (κ3) is 2.64. The number of fused-ring (bicyclic) bond motifs is 1. The Morgan fingerprint density at radius 1 is 1.40 bits per heavy atom. The number of ether oxygens (including phenoxy) is 1. The van der Waals surface area contributed by atoms with Gasteiger partial charge in [-0.1, -0.05) is 0 Å². The average molecular weight is 346 g/mol. The number of aliphatic hydroxyl groups is 1. The van der Waals surface area contributed by atoms with Crippen LogP contribution >= 0.6 is 0 Å². The van der Waals surface area contributed by atoms with Crippen LogP contribution in [0.25, 0.3) is 10.9 Å². The zero-order valence-electron chi connectivity index (χ0n) is 14.3. The molecule has 2 N–H and O–H groups in total. The van der Waals surface area contributed by atoms with Crippen LogP contribution in [0, 0.1) is 11.2 Å². The molecule has 0 unspecified atom stereocenters. The van der Waals surface area contributed by atoms with Crippen molar-refractivity contribution in [3.05, 3.63) is 35.8 Å². The van der Waals surface area contributed by atoms with Crippen LogP contribution in [-0.4, -0.2) is 52.8 Å². The maximum absolute atomic E-state index is 13.3. The average Bonchev–Trinajstić information content (AvgIpc) is 3.04. The number of hydrogen-bond acceptors (Lipinski definition) is 3. The molecule has 1 aromatic carbocycles. The molecule has 134 valence electrons. The van der Waals surface area contributed by atoms with E-state index in [2.05, 4.69) is 4.98 Å². The van der Waals surface area contributed by atoms with Gasteiger partial charge in [0, 0.05) is 42.4 Å². The lowest BCUT2D eigenvalue weighted by molar-refractivity contribution is -0.207. The van der Waals surface area contributed by atoms with E-state index in [-0.39, 0.29) is 29.3 Å². The van der Waals surface area contributed by atoms with Crippen molar-refractivity contribution in [3.8, 4) is 0 Å². The van der Waals surface area contributed by atoms with Crippen molar-refractivity contribution in [1.29, 1.82) is 0 Å². The number of likely N-dealkylation sites (tertiary alicyclic amines) is 1. The lowest BCUT2D eigenvalue weighted by atomic mass is 9.58. The summed E-state index contributed by atoms with van der Waals surface area (Å²) in [6.07, 6.45) is 1.95. The number of hydrogen-bond donors (Lipinski definition) is 2. The van der Waals surface area contributed by atoms with Gasteiger partial charge in [0.15, 0.2) is 0 Å². The van der Waals surface area contributed by atoms with Crippen LogP contribution in [0.1, 0.15) is 36.7 Å². The number of rotatable bonds is 3. The van der Waals surface area contributed by atoms with E-state index in [0.717, 1.165) is 18.4 Å². The van der Waals surface area contributed by atoms with Gasteiger partial charge in [-0.2, -0.15) is 0 Å². The monoisotopic (exact) mass is 346 g/mol. The van der Waals surface area contributed by atoms with Crippen molar-refractivity contribution < 1.29 is 19.0 Å². The van der Waals surface area contributed by atoms with Gasteiger partial charge in [-0.15, -0.1) is 0 Å².